The third-order valence-electron chi connectivity index (χ3n) is 3.47. The minimum absolute atomic E-state index is 0.0487. The Morgan fingerprint density at radius 1 is 1.50 bits per heavy atom. The number of carbonyl (C=O) groups excluding carboxylic acids is 1. The van der Waals surface area contributed by atoms with Crippen LogP contribution in [-0.2, 0) is 11.3 Å². The second kappa shape index (κ2) is 7.35. The maximum absolute atomic E-state index is 12.2. The molecule has 5 nitrogen and oxygen atoms in total. The zero-order chi connectivity index (χ0) is 16.1. The summed E-state index contributed by atoms with van der Waals surface area (Å²) in [7, 11) is 0. The number of rotatable bonds is 6. The lowest BCUT2D eigenvalue weighted by Crippen LogP contribution is -2.35. The summed E-state index contributed by atoms with van der Waals surface area (Å²) in [5.41, 5.74) is 2.08. The van der Waals surface area contributed by atoms with Crippen molar-refractivity contribution in [2.24, 2.45) is 0 Å². The highest BCUT2D eigenvalue weighted by Crippen LogP contribution is 2.18. The van der Waals surface area contributed by atoms with Crippen LogP contribution in [0, 0.1) is 11.7 Å². The number of benzene rings is 1. The summed E-state index contributed by atoms with van der Waals surface area (Å²) >= 11 is 5.25. The first-order valence-electron chi connectivity index (χ1n) is 7.53. The highest BCUT2D eigenvalue weighted by molar-refractivity contribution is 7.71. The Morgan fingerprint density at radius 3 is 2.95 bits per heavy atom. The van der Waals surface area contributed by atoms with Gasteiger partial charge in [0.05, 0.1) is 0 Å². The second-order valence-corrected chi connectivity index (χ2v) is 5.95. The van der Waals surface area contributed by atoms with E-state index in [1.54, 1.807) is 4.57 Å². The molecule has 0 saturated heterocycles. The van der Waals surface area contributed by atoms with Crippen LogP contribution in [0.4, 0.5) is 0 Å². The molecule has 1 heterocycles. The number of hydrogen-bond acceptors (Lipinski definition) is 3. The van der Waals surface area contributed by atoms with Crippen molar-refractivity contribution >= 4 is 18.1 Å². The van der Waals surface area contributed by atoms with Gasteiger partial charge in [-0.3, -0.25) is 14.5 Å². The predicted molar refractivity (Wildman–Crippen MR) is 90.1 cm³/mol. The van der Waals surface area contributed by atoms with Crippen LogP contribution in [0.3, 0.4) is 0 Å². The van der Waals surface area contributed by atoms with Crippen LogP contribution in [0.2, 0.25) is 0 Å². The summed E-state index contributed by atoms with van der Waals surface area (Å²) in [5.74, 6) is 0.638. The minimum atomic E-state index is -0.0487. The molecule has 1 amide bonds. The van der Waals surface area contributed by atoms with Gasteiger partial charge in [-0.05, 0) is 38.6 Å². The molecule has 1 aromatic carbocycles. The van der Waals surface area contributed by atoms with Crippen LogP contribution in [0.25, 0.3) is 11.4 Å². The average molecular weight is 318 g/mol. The van der Waals surface area contributed by atoms with Gasteiger partial charge in [0.15, 0.2) is 10.6 Å². The predicted octanol–water partition coefficient (Wildman–Crippen LogP) is 3.22. The van der Waals surface area contributed by atoms with Gasteiger partial charge in [0.25, 0.3) is 0 Å². The molecule has 0 bridgehead atoms. The molecule has 1 atom stereocenters. The zero-order valence-corrected chi connectivity index (χ0v) is 14.0. The highest BCUT2D eigenvalue weighted by atomic mass is 32.1. The van der Waals surface area contributed by atoms with Crippen molar-refractivity contribution in [3.8, 4) is 11.4 Å². The van der Waals surface area contributed by atoms with E-state index in [1.807, 2.05) is 38.1 Å². The van der Waals surface area contributed by atoms with E-state index in [2.05, 4.69) is 22.4 Å². The van der Waals surface area contributed by atoms with Crippen molar-refractivity contribution in [2.45, 2.75) is 46.2 Å². The van der Waals surface area contributed by atoms with Gasteiger partial charge in [0.2, 0.25) is 5.91 Å². The van der Waals surface area contributed by atoms with E-state index in [-0.39, 0.29) is 18.5 Å². The van der Waals surface area contributed by atoms with Gasteiger partial charge in [0.1, 0.15) is 6.54 Å². The molecule has 0 aliphatic rings. The summed E-state index contributed by atoms with van der Waals surface area (Å²) in [4.78, 5) is 12.2. The topological polar surface area (TPSA) is 62.7 Å². The van der Waals surface area contributed by atoms with Crippen molar-refractivity contribution in [1.82, 2.24) is 20.1 Å². The lowest BCUT2D eigenvalue weighted by Gasteiger charge is -2.13. The molecule has 0 spiro atoms. The monoisotopic (exact) mass is 318 g/mol. The van der Waals surface area contributed by atoms with Crippen LogP contribution in [0.15, 0.2) is 24.3 Å². The summed E-state index contributed by atoms with van der Waals surface area (Å²) < 4.78 is 2.19. The standard InChI is InChI=1S/C16H22N4OS/c1-4-6-12(3)17-14(21)10-20-15(18-19-16(20)22)13-8-5-7-11(2)9-13/h5,7-9,12H,4,6,10H2,1-3H3,(H,17,21)(H,19,22). The number of nitrogens with one attached hydrogen (secondary N) is 2. The van der Waals surface area contributed by atoms with Crippen LogP contribution >= 0.6 is 12.2 Å². The molecule has 0 aliphatic heterocycles. The minimum Gasteiger partial charge on any atom is -0.352 e. The molecule has 0 aliphatic carbocycles. The molecule has 0 fully saturated rings. The van der Waals surface area contributed by atoms with Crippen molar-refractivity contribution in [3.05, 3.63) is 34.6 Å². The Morgan fingerprint density at radius 2 is 2.27 bits per heavy atom. The van der Waals surface area contributed by atoms with Gasteiger partial charge in [0, 0.05) is 11.6 Å². The number of nitrogens with zero attached hydrogens (tertiary/aromatic N) is 2. The third-order valence-corrected chi connectivity index (χ3v) is 3.78. The highest BCUT2D eigenvalue weighted by Gasteiger charge is 2.13. The molecule has 0 radical (unpaired) electrons. The first-order chi connectivity index (χ1) is 10.5. The summed E-state index contributed by atoms with van der Waals surface area (Å²) in [6.07, 6.45) is 2.01. The van der Waals surface area contributed by atoms with Crippen molar-refractivity contribution in [2.75, 3.05) is 0 Å². The molecular weight excluding hydrogens is 296 g/mol. The number of aryl methyl sites for hydroxylation is 1. The third kappa shape index (κ3) is 4.04. The molecule has 118 valence electrons. The summed E-state index contributed by atoms with van der Waals surface area (Å²) in [6, 6.07) is 8.15. The normalized spacial score (nSPS) is 12.1. The average Bonchev–Trinajstić information content (AvgIpc) is 2.80. The van der Waals surface area contributed by atoms with E-state index in [9.17, 15) is 4.79 Å². The van der Waals surface area contributed by atoms with Crippen molar-refractivity contribution in [3.63, 3.8) is 0 Å². The van der Waals surface area contributed by atoms with E-state index >= 15 is 0 Å². The maximum Gasteiger partial charge on any atom is 0.240 e. The number of H-pyrrole nitrogens is 1. The first-order valence-corrected chi connectivity index (χ1v) is 7.93. The van der Waals surface area contributed by atoms with E-state index in [1.165, 1.54) is 0 Å². The molecule has 0 saturated carbocycles. The Kier molecular flexibility index (Phi) is 5.49. The molecule has 22 heavy (non-hydrogen) atoms. The van der Waals surface area contributed by atoms with Gasteiger partial charge >= 0.3 is 0 Å². The zero-order valence-electron chi connectivity index (χ0n) is 13.2. The van der Waals surface area contributed by atoms with E-state index < -0.39 is 0 Å². The molecule has 1 aromatic heterocycles. The van der Waals surface area contributed by atoms with Gasteiger partial charge in [-0.2, -0.15) is 5.10 Å². The van der Waals surface area contributed by atoms with Gasteiger partial charge in [-0.1, -0.05) is 37.1 Å². The quantitative estimate of drug-likeness (QED) is 0.804. The molecule has 2 rings (SSSR count). The number of carbonyl (C=O) groups is 1. The van der Waals surface area contributed by atoms with Gasteiger partial charge in [-0.15, -0.1) is 0 Å². The van der Waals surface area contributed by atoms with E-state index in [0.717, 1.165) is 24.0 Å². The van der Waals surface area contributed by atoms with E-state index in [0.29, 0.717) is 10.6 Å². The van der Waals surface area contributed by atoms with Crippen molar-refractivity contribution in [1.29, 1.82) is 0 Å². The van der Waals surface area contributed by atoms with Crippen molar-refractivity contribution < 1.29 is 4.79 Å². The van der Waals surface area contributed by atoms with Crippen LogP contribution in [0.5, 0.6) is 0 Å². The van der Waals surface area contributed by atoms with Gasteiger partial charge in [-0.25, -0.2) is 0 Å². The van der Waals surface area contributed by atoms with Gasteiger partial charge < -0.3 is 5.32 Å². The maximum atomic E-state index is 12.2. The fourth-order valence-corrected chi connectivity index (χ4v) is 2.63. The molecule has 1 unspecified atom stereocenters. The SMILES string of the molecule is CCCC(C)NC(=O)Cn1c(-c2cccc(C)c2)n[nH]c1=S. The molecular formula is C16H22N4OS. The summed E-state index contributed by atoms with van der Waals surface area (Å²) in [5, 5.41) is 10.0. The summed E-state index contributed by atoms with van der Waals surface area (Å²) in [6.45, 7) is 6.31. The van der Waals surface area contributed by atoms with Crippen LogP contribution in [0.1, 0.15) is 32.3 Å². The number of aromatic amines is 1. The number of amides is 1. The first kappa shape index (κ1) is 16.4. The molecule has 6 heteroatoms. The fourth-order valence-electron chi connectivity index (χ4n) is 2.44. The largest absolute Gasteiger partial charge is 0.352 e. The smallest absolute Gasteiger partial charge is 0.240 e. The lowest BCUT2D eigenvalue weighted by molar-refractivity contribution is -0.122. The second-order valence-electron chi connectivity index (χ2n) is 5.57. The number of aromatic nitrogens is 3. The molecule has 2 aromatic rings. The molecule has 2 N–H and O–H groups in total. The van der Waals surface area contributed by atoms with Crippen LogP contribution < -0.4 is 5.32 Å². The Balaban J connectivity index is 2.20. The number of hydrogen-bond donors (Lipinski definition) is 2. The van der Waals surface area contributed by atoms with Crippen LogP contribution in [-0.4, -0.2) is 26.7 Å². The Hall–Kier alpha value is -1.95. The Bertz CT molecular complexity index is 704. The fraction of sp³-hybridized carbons (Fsp3) is 0.438. The lowest BCUT2D eigenvalue weighted by atomic mass is 10.1. The van der Waals surface area contributed by atoms with E-state index in [4.69, 9.17) is 12.2 Å². The Labute approximate surface area is 135 Å².